The second-order valence-corrected chi connectivity index (χ2v) is 14.5. The topological polar surface area (TPSA) is 78.5 Å². The third-order valence-corrected chi connectivity index (χ3v) is 10.8. The SMILES string of the molecule is CC1CC2CC(C1)CC(C)(NCCCc1ccc(CSc3cccc(C=O)c3CN(C)C3CCC(=O)NC3=O)cc1)C2. The van der Waals surface area contributed by atoms with Crippen molar-refractivity contribution in [2.24, 2.45) is 17.8 Å². The third-order valence-electron chi connectivity index (χ3n) is 9.67. The van der Waals surface area contributed by atoms with Crippen molar-refractivity contribution >= 4 is 29.9 Å². The van der Waals surface area contributed by atoms with E-state index >= 15 is 0 Å². The smallest absolute Gasteiger partial charge is 0.243 e. The highest BCUT2D eigenvalue weighted by Crippen LogP contribution is 2.46. The largest absolute Gasteiger partial charge is 0.311 e. The molecule has 0 radical (unpaired) electrons. The fourth-order valence-corrected chi connectivity index (χ4v) is 8.89. The van der Waals surface area contributed by atoms with Crippen LogP contribution in [0.4, 0.5) is 0 Å². The molecule has 0 aromatic heterocycles. The number of nitrogens with one attached hydrogen (secondary N) is 2. The van der Waals surface area contributed by atoms with Crippen LogP contribution in [-0.4, -0.2) is 48.2 Å². The summed E-state index contributed by atoms with van der Waals surface area (Å²) in [7, 11) is 1.88. The van der Waals surface area contributed by atoms with Crippen LogP contribution in [0.2, 0.25) is 0 Å². The number of likely N-dealkylation sites (N-methyl/N-ethyl adjacent to an activating group) is 1. The molecule has 42 heavy (non-hydrogen) atoms. The molecule has 1 aliphatic heterocycles. The standard InChI is InChI=1S/C35H47N3O3S/c1-24-16-27-18-28(17-24)20-35(2,19-27)36-15-5-6-25-9-11-26(12-10-25)23-42-32-8-4-7-29(22-39)30(32)21-38(3)31-13-14-33(40)37-34(31)41/h4,7-12,22,24,27-28,31,36H,5-6,13-21,23H2,1-3H3,(H,37,40,41). The Kier molecular flexibility index (Phi) is 10.2. The van der Waals surface area contributed by atoms with Crippen LogP contribution in [0.25, 0.3) is 0 Å². The summed E-state index contributed by atoms with van der Waals surface area (Å²) in [5.74, 6) is 3.07. The maximum atomic E-state index is 12.4. The number of fused-ring (bicyclic) bond motifs is 2. The van der Waals surface area contributed by atoms with E-state index in [1.807, 2.05) is 30.1 Å². The molecule has 6 nitrogen and oxygen atoms in total. The van der Waals surface area contributed by atoms with Gasteiger partial charge in [0.2, 0.25) is 11.8 Å². The van der Waals surface area contributed by atoms with Gasteiger partial charge < -0.3 is 5.32 Å². The van der Waals surface area contributed by atoms with E-state index in [-0.39, 0.29) is 17.9 Å². The predicted molar refractivity (Wildman–Crippen MR) is 169 cm³/mol. The lowest BCUT2D eigenvalue weighted by Gasteiger charge is -2.47. The van der Waals surface area contributed by atoms with Gasteiger partial charge in [0.25, 0.3) is 0 Å². The van der Waals surface area contributed by atoms with Crippen molar-refractivity contribution in [3.63, 3.8) is 0 Å². The van der Waals surface area contributed by atoms with Crippen LogP contribution in [0.15, 0.2) is 47.4 Å². The number of nitrogens with zero attached hydrogens (tertiary/aromatic N) is 1. The summed E-state index contributed by atoms with van der Waals surface area (Å²) in [6.45, 7) is 6.44. The number of aryl methyl sites for hydroxylation is 1. The molecule has 2 aromatic rings. The Hall–Kier alpha value is -2.48. The Morgan fingerprint density at radius 1 is 1.05 bits per heavy atom. The van der Waals surface area contributed by atoms with Crippen molar-refractivity contribution in [3.05, 3.63) is 64.7 Å². The van der Waals surface area contributed by atoms with Gasteiger partial charge in [0.05, 0.1) is 6.04 Å². The molecule has 7 heteroatoms. The van der Waals surface area contributed by atoms with Crippen LogP contribution in [-0.2, 0) is 28.3 Å². The van der Waals surface area contributed by atoms with E-state index in [1.165, 1.54) is 43.2 Å². The highest BCUT2D eigenvalue weighted by atomic mass is 32.2. The van der Waals surface area contributed by atoms with Crippen molar-refractivity contribution in [2.75, 3.05) is 13.6 Å². The van der Waals surface area contributed by atoms with E-state index in [0.29, 0.717) is 30.5 Å². The lowest BCUT2D eigenvalue weighted by Crippen LogP contribution is -2.51. The van der Waals surface area contributed by atoms with E-state index in [0.717, 1.165) is 59.6 Å². The van der Waals surface area contributed by atoms with Gasteiger partial charge in [-0.3, -0.25) is 24.6 Å². The highest BCUT2D eigenvalue weighted by Gasteiger charge is 2.40. The van der Waals surface area contributed by atoms with Gasteiger partial charge in [0.1, 0.15) is 6.29 Å². The molecular weight excluding hydrogens is 542 g/mol. The van der Waals surface area contributed by atoms with Gasteiger partial charge >= 0.3 is 0 Å². The van der Waals surface area contributed by atoms with E-state index in [4.69, 9.17) is 0 Å². The molecular formula is C35H47N3O3S. The second-order valence-electron chi connectivity index (χ2n) is 13.5. The second kappa shape index (κ2) is 13.9. The molecule has 2 saturated carbocycles. The number of aldehydes is 1. The highest BCUT2D eigenvalue weighted by molar-refractivity contribution is 7.98. The average molecular weight is 590 g/mol. The Labute approximate surface area is 255 Å². The Bertz CT molecular complexity index is 1240. The zero-order valence-electron chi connectivity index (χ0n) is 25.5. The minimum Gasteiger partial charge on any atom is -0.311 e. The number of piperidine rings is 1. The van der Waals surface area contributed by atoms with Gasteiger partial charge in [0, 0.05) is 34.7 Å². The molecule has 2 bridgehead atoms. The first-order valence-corrected chi connectivity index (χ1v) is 16.8. The van der Waals surface area contributed by atoms with Crippen LogP contribution in [0, 0.1) is 17.8 Å². The zero-order chi connectivity index (χ0) is 29.7. The maximum Gasteiger partial charge on any atom is 0.243 e. The fourth-order valence-electron chi connectivity index (χ4n) is 7.84. The number of imide groups is 1. The van der Waals surface area contributed by atoms with Crippen molar-refractivity contribution in [1.82, 2.24) is 15.5 Å². The van der Waals surface area contributed by atoms with Crippen molar-refractivity contribution in [1.29, 1.82) is 0 Å². The summed E-state index contributed by atoms with van der Waals surface area (Å²) >= 11 is 1.72. The van der Waals surface area contributed by atoms with Gasteiger partial charge in [-0.25, -0.2) is 0 Å². The summed E-state index contributed by atoms with van der Waals surface area (Å²) < 4.78 is 0. The monoisotopic (exact) mass is 589 g/mol. The van der Waals surface area contributed by atoms with Crippen molar-refractivity contribution < 1.29 is 14.4 Å². The molecule has 226 valence electrons. The minimum atomic E-state index is -0.378. The first-order valence-electron chi connectivity index (χ1n) is 15.8. The normalized spacial score (nSPS) is 27.6. The van der Waals surface area contributed by atoms with Gasteiger partial charge in [-0.15, -0.1) is 11.8 Å². The van der Waals surface area contributed by atoms with E-state index in [9.17, 15) is 14.4 Å². The number of benzene rings is 2. The summed E-state index contributed by atoms with van der Waals surface area (Å²) in [5.41, 5.74) is 4.50. The van der Waals surface area contributed by atoms with Crippen LogP contribution in [0.5, 0.6) is 0 Å². The minimum absolute atomic E-state index is 0.220. The van der Waals surface area contributed by atoms with Crippen LogP contribution in [0.1, 0.15) is 92.3 Å². The quantitative estimate of drug-likeness (QED) is 0.134. The fraction of sp³-hybridized carbons (Fsp3) is 0.571. The molecule has 5 rings (SSSR count). The summed E-state index contributed by atoms with van der Waals surface area (Å²) in [6, 6.07) is 14.4. The number of rotatable bonds is 12. The lowest BCUT2D eigenvalue weighted by molar-refractivity contribution is -0.137. The average Bonchev–Trinajstić information content (AvgIpc) is 2.94. The zero-order valence-corrected chi connectivity index (χ0v) is 26.3. The summed E-state index contributed by atoms with van der Waals surface area (Å²) in [4.78, 5) is 38.8. The van der Waals surface area contributed by atoms with Crippen molar-refractivity contribution in [3.8, 4) is 0 Å². The molecule has 3 aliphatic rings. The summed E-state index contributed by atoms with van der Waals surface area (Å²) in [5, 5.41) is 6.38. The third kappa shape index (κ3) is 7.91. The van der Waals surface area contributed by atoms with Crippen LogP contribution in [0.3, 0.4) is 0 Å². The van der Waals surface area contributed by atoms with E-state index in [2.05, 4.69) is 48.7 Å². The van der Waals surface area contributed by atoms with Crippen molar-refractivity contribution in [2.45, 2.75) is 100 Å². The molecule has 1 saturated heterocycles. The number of amides is 2. The van der Waals surface area contributed by atoms with Crippen LogP contribution < -0.4 is 10.6 Å². The predicted octanol–water partition coefficient (Wildman–Crippen LogP) is 6.16. The van der Waals surface area contributed by atoms with Gasteiger partial charge in [-0.1, -0.05) is 43.3 Å². The van der Waals surface area contributed by atoms with Gasteiger partial charge in [0.15, 0.2) is 0 Å². The first-order chi connectivity index (χ1) is 20.2. The maximum absolute atomic E-state index is 12.4. The first kappa shape index (κ1) is 31.0. The molecule has 2 N–H and O–H groups in total. The van der Waals surface area contributed by atoms with Gasteiger partial charge in [-0.2, -0.15) is 0 Å². The number of carbonyl (C=O) groups is 3. The van der Waals surface area contributed by atoms with E-state index in [1.54, 1.807) is 11.8 Å². The molecule has 3 atom stereocenters. The molecule has 2 amide bonds. The summed E-state index contributed by atoms with van der Waals surface area (Å²) in [6.07, 6.45) is 10.9. The Morgan fingerprint density at radius 2 is 1.76 bits per heavy atom. The Morgan fingerprint density at radius 3 is 2.45 bits per heavy atom. The Balaban J connectivity index is 1.11. The van der Waals surface area contributed by atoms with Crippen LogP contribution >= 0.6 is 11.8 Å². The molecule has 3 fully saturated rings. The molecule has 2 aliphatic carbocycles. The number of carbonyl (C=O) groups excluding carboxylic acids is 3. The molecule has 2 aromatic carbocycles. The molecule has 3 unspecified atom stereocenters. The number of hydrogen-bond acceptors (Lipinski definition) is 6. The number of hydrogen-bond donors (Lipinski definition) is 2. The molecule has 1 heterocycles. The van der Waals surface area contributed by atoms with Gasteiger partial charge in [-0.05, 0) is 112 Å². The lowest BCUT2D eigenvalue weighted by atomic mass is 9.62. The molecule has 0 spiro atoms. The number of thioether (sulfide) groups is 1. The van der Waals surface area contributed by atoms with E-state index < -0.39 is 0 Å².